The minimum Gasteiger partial charge on any atom is -0.323 e. The summed E-state index contributed by atoms with van der Waals surface area (Å²) < 4.78 is 2.18. The lowest BCUT2D eigenvalue weighted by Gasteiger charge is -2.08. The molecule has 3 aromatic rings. The molecule has 110 valence electrons. The molecule has 0 bridgehead atoms. The van der Waals surface area contributed by atoms with E-state index in [1.54, 1.807) is 36.4 Å². The zero-order chi connectivity index (χ0) is 15.1. The molecule has 0 aliphatic heterocycles. The maximum atomic E-state index is 11.1. The number of hydrogen-bond acceptors (Lipinski definition) is 5. The monoisotopic (exact) mass is 312 g/mol. The van der Waals surface area contributed by atoms with Gasteiger partial charge in [-0.25, -0.2) is 4.98 Å². The molecule has 0 saturated heterocycles. The molecule has 4 rings (SSSR count). The summed E-state index contributed by atoms with van der Waals surface area (Å²) in [6, 6.07) is 5.69. The molecule has 1 fully saturated rings. The van der Waals surface area contributed by atoms with Gasteiger partial charge in [0.1, 0.15) is 0 Å². The van der Waals surface area contributed by atoms with E-state index in [4.69, 9.17) is 0 Å². The first-order chi connectivity index (χ1) is 10.7. The van der Waals surface area contributed by atoms with Gasteiger partial charge in [0.15, 0.2) is 5.16 Å². The van der Waals surface area contributed by atoms with Gasteiger partial charge < -0.3 is 4.57 Å². The normalized spacial score (nSPS) is 14.4. The molecule has 0 radical (unpaired) electrons. The quantitative estimate of drug-likeness (QED) is 0.541. The van der Waals surface area contributed by atoms with Gasteiger partial charge in [0.2, 0.25) is 0 Å². The Kier molecular flexibility index (Phi) is 3.07. The molecule has 2 aromatic heterocycles. The molecule has 0 amide bonds. The first-order valence-corrected chi connectivity index (χ1v) is 7.77. The maximum Gasteiger partial charge on any atom is 0.278 e. The lowest BCUT2D eigenvalue weighted by Crippen LogP contribution is -1.95. The van der Waals surface area contributed by atoms with E-state index in [-0.39, 0.29) is 10.6 Å². The van der Waals surface area contributed by atoms with Gasteiger partial charge >= 0.3 is 0 Å². The summed E-state index contributed by atoms with van der Waals surface area (Å²) in [7, 11) is 0. The standard InChI is InChI=1S/C15H12N4O2S/c20-19(21)13-3-4-14(11-5-6-16-9-12(11)13)22-15-17-7-8-18(15)10-1-2-10/h3-10H,1-2H2. The fourth-order valence-electron chi connectivity index (χ4n) is 2.50. The highest BCUT2D eigenvalue weighted by atomic mass is 32.2. The molecular weight excluding hydrogens is 300 g/mol. The van der Waals surface area contributed by atoms with Crippen molar-refractivity contribution in [2.45, 2.75) is 28.9 Å². The van der Waals surface area contributed by atoms with Crippen LogP contribution < -0.4 is 0 Å². The predicted octanol–water partition coefficient (Wildman–Crippen LogP) is 3.83. The van der Waals surface area contributed by atoms with Crippen LogP contribution in [0.15, 0.2) is 53.0 Å². The third-order valence-corrected chi connectivity index (χ3v) is 4.80. The second-order valence-electron chi connectivity index (χ2n) is 5.21. The molecular formula is C15H12N4O2S. The van der Waals surface area contributed by atoms with E-state index in [2.05, 4.69) is 14.5 Å². The van der Waals surface area contributed by atoms with Gasteiger partial charge in [-0.2, -0.15) is 0 Å². The Morgan fingerprint density at radius 2 is 2.09 bits per heavy atom. The minimum absolute atomic E-state index is 0.0815. The van der Waals surface area contributed by atoms with Crippen molar-refractivity contribution in [2.24, 2.45) is 0 Å². The smallest absolute Gasteiger partial charge is 0.278 e. The van der Waals surface area contributed by atoms with Crippen LogP contribution in [0.1, 0.15) is 18.9 Å². The van der Waals surface area contributed by atoms with Crippen molar-refractivity contribution < 1.29 is 4.92 Å². The van der Waals surface area contributed by atoms with Crippen LogP contribution in [0, 0.1) is 10.1 Å². The van der Waals surface area contributed by atoms with Crippen LogP contribution >= 0.6 is 11.8 Å². The molecule has 6 nitrogen and oxygen atoms in total. The average molecular weight is 312 g/mol. The molecule has 1 aliphatic rings. The number of fused-ring (bicyclic) bond motifs is 1. The number of pyridine rings is 1. The SMILES string of the molecule is O=[N+]([O-])c1ccc(Sc2nccn2C2CC2)c2ccncc12. The van der Waals surface area contributed by atoms with Gasteiger partial charge in [-0.1, -0.05) is 11.8 Å². The van der Waals surface area contributed by atoms with Crippen LogP contribution in [0.5, 0.6) is 0 Å². The van der Waals surface area contributed by atoms with E-state index in [0.717, 1.165) is 15.4 Å². The Balaban J connectivity index is 1.80. The first kappa shape index (κ1) is 13.3. The summed E-state index contributed by atoms with van der Waals surface area (Å²) in [5.41, 5.74) is 0.0815. The van der Waals surface area contributed by atoms with Crippen molar-refractivity contribution in [1.82, 2.24) is 14.5 Å². The summed E-state index contributed by atoms with van der Waals surface area (Å²) in [6.45, 7) is 0. The Labute approximate surface area is 130 Å². The fourth-order valence-corrected chi connectivity index (χ4v) is 3.55. The van der Waals surface area contributed by atoms with E-state index in [1.807, 2.05) is 12.3 Å². The number of hydrogen-bond donors (Lipinski definition) is 0. The van der Waals surface area contributed by atoms with Crippen molar-refractivity contribution in [3.63, 3.8) is 0 Å². The largest absolute Gasteiger partial charge is 0.323 e. The van der Waals surface area contributed by atoms with Crippen molar-refractivity contribution in [1.29, 1.82) is 0 Å². The number of non-ortho nitro benzene ring substituents is 1. The van der Waals surface area contributed by atoms with Gasteiger partial charge in [-0.05, 0) is 25.0 Å². The van der Waals surface area contributed by atoms with Crippen molar-refractivity contribution in [3.05, 3.63) is 53.1 Å². The summed E-state index contributed by atoms with van der Waals surface area (Å²) in [5.74, 6) is 0. The second-order valence-corrected chi connectivity index (χ2v) is 6.22. The molecule has 0 atom stereocenters. The summed E-state index contributed by atoms with van der Waals surface area (Å²) >= 11 is 1.54. The van der Waals surface area contributed by atoms with Crippen LogP contribution in [0.2, 0.25) is 0 Å². The van der Waals surface area contributed by atoms with Crippen LogP contribution in [0.25, 0.3) is 10.8 Å². The Morgan fingerprint density at radius 1 is 1.23 bits per heavy atom. The van der Waals surface area contributed by atoms with E-state index >= 15 is 0 Å². The molecule has 1 aliphatic carbocycles. The highest BCUT2D eigenvalue weighted by Gasteiger charge is 2.26. The van der Waals surface area contributed by atoms with E-state index in [9.17, 15) is 10.1 Å². The lowest BCUT2D eigenvalue weighted by molar-refractivity contribution is -0.383. The number of rotatable bonds is 4. The van der Waals surface area contributed by atoms with E-state index in [1.165, 1.54) is 18.9 Å². The van der Waals surface area contributed by atoms with Gasteiger partial charge in [-0.15, -0.1) is 0 Å². The van der Waals surface area contributed by atoms with E-state index in [0.29, 0.717) is 11.4 Å². The lowest BCUT2D eigenvalue weighted by atomic mass is 10.1. The van der Waals surface area contributed by atoms with Gasteiger partial charge in [-0.3, -0.25) is 15.1 Å². The van der Waals surface area contributed by atoms with E-state index < -0.39 is 0 Å². The van der Waals surface area contributed by atoms with Crippen LogP contribution in [0.3, 0.4) is 0 Å². The van der Waals surface area contributed by atoms with Crippen LogP contribution in [-0.2, 0) is 0 Å². The second kappa shape index (κ2) is 5.10. The summed E-state index contributed by atoms with van der Waals surface area (Å²) in [4.78, 5) is 20.2. The molecule has 7 heteroatoms. The van der Waals surface area contributed by atoms with Crippen molar-refractivity contribution in [3.8, 4) is 0 Å². The number of imidazole rings is 1. The number of nitro groups is 1. The zero-order valence-corrected chi connectivity index (χ0v) is 12.4. The minimum atomic E-state index is -0.371. The van der Waals surface area contributed by atoms with Crippen LogP contribution in [0.4, 0.5) is 5.69 Å². The topological polar surface area (TPSA) is 73.8 Å². The third kappa shape index (κ3) is 2.23. The summed E-state index contributed by atoms with van der Waals surface area (Å²) in [5, 5.41) is 13.5. The fraction of sp³-hybridized carbons (Fsp3) is 0.200. The third-order valence-electron chi connectivity index (χ3n) is 3.73. The zero-order valence-electron chi connectivity index (χ0n) is 11.5. The predicted molar refractivity (Wildman–Crippen MR) is 83.0 cm³/mol. The molecule has 1 saturated carbocycles. The number of benzene rings is 1. The van der Waals surface area contributed by atoms with Crippen molar-refractivity contribution >= 4 is 28.2 Å². The molecule has 0 unspecified atom stereocenters. The number of nitrogens with zero attached hydrogens (tertiary/aromatic N) is 4. The summed E-state index contributed by atoms with van der Waals surface area (Å²) in [6.07, 6.45) is 9.38. The molecule has 0 N–H and O–H groups in total. The molecule has 0 spiro atoms. The van der Waals surface area contributed by atoms with Gasteiger partial charge in [0, 0.05) is 47.2 Å². The first-order valence-electron chi connectivity index (χ1n) is 6.96. The van der Waals surface area contributed by atoms with Gasteiger partial charge in [0.25, 0.3) is 5.69 Å². The molecule has 1 aromatic carbocycles. The molecule has 2 heterocycles. The number of aromatic nitrogens is 3. The Morgan fingerprint density at radius 3 is 2.86 bits per heavy atom. The molecule has 22 heavy (non-hydrogen) atoms. The van der Waals surface area contributed by atoms with Crippen molar-refractivity contribution in [2.75, 3.05) is 0 Å². The van der Waals surface area contributed by atoms with Crippen LogP contribution in [-0.4, -0.2) is 19.5 Å². The number of nitro benzene ring substituents is 1. The Bertz CT molecular complexity index is 873. The maximum absolute atomic E-state index is 11.1. The highest BCUT2D eigenvalue weighted by molar-refractivity contribution is 7.99. The highest BCUT2D eigenvalue weighted by Crippen LogP contribution is 2.41. The Hall–Kier alpha value is -2.41. The average Bonchev–Trinajstić information content (AvgIpc) is 3.27. The van der Waals surface area contributed by atoms with Gasteiger partial charge in [0.05, 0.1) is 10.3 Å².